The fourth-order valence-electron chi connectivity index (χ4n) is 8.11. The molecule has 6 nitrogen and oxygen atoms in total. The van der Waals surface area contributed by atoms with Crippen molar-refractivity contribution in [2.75, 3.05) is 37.4 Å². The molecule has 1 amide bonds. The van der Waals surface area contributed by atoms with Crippen LogP contribution in [0.5, 0.6) is 0 Å². The number of hydrogen-bond donors (Lipinski definition) is 3. The minimum atomic E-state index is -0.835. The van der Waals surface area contributed by atoms with Gasteiger partial charge in [-0.25, -0.2) is 4.39 Å². The number of benzene rings is 1. The Labute approximate surface area is 222 Å². The highest BCUT2D eigenvalue weighted by molar-refractivity contribution is 5.95. The predicted octanol–water partition coefficient (Wildman–Crippen LogP) is 4.58. The SMILES string of the molecule is CC1CCC(F)C2(C3CCCCCCC3)CC(C(=O)Nc3cccc(N4C[C@H](O)[C@@H](N(C)C)C4)c3)NC12. The topological polar surface area (TPSA) is 67.8 Å². The summed E-state index contributed by atoms with van der Waals surface area (Å²) >= 11 is 0. The first-order valence-corrected chi connectivity index (χ1v) is 14.7. The third kappa shape index (κ3) is 5.28. The van der Waals surface area contributed by atoms with E-state index in [1.807, 2.05) is 38.4 Å². The smallest absolute Gasteiger partial charge is 0.241 e. The van der Waals surface area contributed by atoms with Gasteiger partial charge in [-0.2, -0.15) is 0 Å². The lowest BCUT2D eigenvalue weighted by atomic mass is 9.56. The molecule has 0 radical (unpaired) electrons. The van der Waals surface area contributed by atoms with Crippen LogP contribution in [0.15, 0.2) is 24.3 Å². The fraction of sp³-hybridized carbons (Fsp3) is 0.767. The van der Waals surface area contributed by atoms with E-state index in [0.29, 0.717) is 31.2 Å². The highest BCUT2D eigenvalue weighted by Gasteiger charge is 2.60. The summed E-state index contributed by atoms with van der Waals surface area (Å²) < 4.78 is 16.0. The number of alkyl halides is 1. The number of nitrogens with one attached hydrogen (secondary N) is 2. The molecule has 7 atom stereocenters. The first-order valence-electron chi connectivity index (χ1n) is 14.7. The van der Waals surface area contributed by atoms with E-state index in [1.54, 1.807) is 0 Å². The van der Waals surface area contributed by atoms with Crippen molar-refractivity contribution in [1.29, 1.82) is 0 Å². The standard InChI is InChI=1S/C30H47FN4O2/c1-20-14-15-27(31)30(21-10-7-5-4-6-8-11-21)17-24(33-28(20)30)29(37)32-22-12-9-13-23(16-22)35-18-25(34(2)3)26(36)19-35/h9,12-13,16,20-21,24-28,33,36H,4-8,10-11,14-15,17-19H2,1-3H3,(H,32,37)/t20?,24?,25-,26-,27?,28?,30?/m0/s1. The van der Waals surface area contributed by atoms with Crippen molar-refractivity contribution < 1.29 is 14.3 Å². The zero-order valence-corrected chi connectivity index (χ0v) is 23.0. The van der Waals surface area contributed by atoms with Crippen LogP contribution < -0.4 is 15.5 Å². The Morgan fingerprint density at radius 3 is 2.54 bits per heavy atom. The highest BCUT2D eigenvalue weighted by atomic mass is 19.1. The Hall–Kier alpha value is -1.70. The Kier molecular flexibility index (Phi) is 8.13. The van der Waals surface area contributed by atoms with Gasteiger partial charge in [-0.1, -0.05) is 45.1 Å². The highest BCUT2D eigenvalue weighted by Crippen LogP contribution is 2.56. The van der Waals surface area contributed by atoms with Crippen LogP contribution >= 0.6 is 0 Å². The minimum Gasteiger partial charge on any atom is -0.390 e. The van der Waals surface area contributed by atoms with E-state index in [2.05, 4.69) is 27.4 Å². The number of halogens is 1. The molecule has 2 saturated carbocycles. The lowest BCUT2D eigenvalue weighted by Crippen LogP contribution is -2.55. The van der Waals surface area contributed by atoms with Crippen molar-refractivity contribution in [2.45, 2.75) is 102 Å². The summed E-state index contributed by atoms with van der Waals surface area (Å²) in [7, 11) is 3.99. The third-order valence-corrected chi connectivity index (χ3v) is 10.1. The molecular weight excluding hydrogens is 467 g/mol. The molecule has 4 fully saturated rings. The molecular formula is C30H47FN4O2. The van der Waals surface area contributed by atoms with Crippen molar-refractivity contribution in [3.05, 3.63) is 24.3 Å². The summed E-state index contributed by atoms with van der Waals surface area (Å²) in [5.41, 5.74) is 1.33. The molecule has 2 aliphatic carbocycles. The molecule has 5 unspecified atom stereocenters. The molecule has 0 aromatic heterocycles. The van der Waals surface area contributed by atoms with E-state index in [1.165, 1.54) is 32.1 Å². The van der Waals surface area contributed by atoms with Gasteiger partial charge >= 0.3 is 0 Å². The molecule has 1 aromatic rings. The summed E-state index contributed by atoms with van der Waals surface area (Å²) in [5, 5.41) is 17.3. The summed E-state index contributed by atoms with van der Waals surface area (Å²) in [6.07, 6.45) is 9.23. The van der Waals surface area contributed by atoms with E-state index in [9.17, 15) is 9.90 Å². The van der Waals surface area contributed by atoms with Crippen LogP contribution in [0.3, 0.4) is 0 Å². The molecule has 37 heavy (non-hydrogen) atoms. The van der Waals surface area contributed by atoms with Gasteiger partial charge in [0.05, 0.1) is 18.2 Å². The number of aliphatic hydroxyl groups is 1. The zero-order chi connectivity index (χ0) is 26.2. The average Bonchev–Trinajstić information content (AvgIpc) is 3.45. The van der Waals surface area contributed by atoms with Crippen molar-refractivity contribution in [2.24, 2.45) is 17.3 Å². The normalized spacial score (nSPS) is 37.3. The number of likely N-dealkylation sites (N-methyl/N-ethyl adjacent to an activating group) is 1. The molecule has 2 heterocycles. The maximum atomic E-state index is 16.0. The van der Waals surface area contributed by atoms with Crippen LogP contribution in [0.2, 0.25) is 0 Å². The second-order valence-electron chi connectivity index (χ2n) is 12.6. The number of hydrogen-bond acceptors (Lipinski definition) is 5. The van der Waals surface area contributed by atoms with Gasteiger partial charge in [0.2, 0.25) is 5.91 Å². The van der Waals surface area contributed by atoms with Crippen molar-refractivity contribution in [3.8, 4) is 0 Å². The van der Waals surface area contributed by atoms with Gasteiger partial charge in [0.25, 0.3) is 0 Å². The number of fused-ring (bicyclic) bond motifs is 1. The summed E-state index contributed by atoms with van der Waals surface area (Å²) in [6, 6.07) is 7.69. The largest absolute Gasteiger partial charge is 0.390 e. The number of rotatable bonds is 5. The number of nitrogens with zero attached hydrogens (tertiary/aromatic N) is 2. The quantitative estimate of drug-likeness (QED) is 0.537. The summed E-state index contributed by atoms with van der Waals surface area (Å²) in [4.78, 5) is 17.8. The molecule has 2 saturated heterocycles. The van der Waals surface area contributed by atoms with Crippen LogP contribution in [-0.2, 0) is 4.79 Å². The minimum absolute atomic E-state index is 0.0520. The van der Waals surface area contributed by atoms with Gasteiger partial charge < -0.3 is 25.5 Å². The van der Waals surface area contributed by atoms with Gasteiger partial charge in [-0.05, 0) is 76.2 Å². The van der Waals surface area contributed by atoms with E-state index in [-0.39, 0.29) is 24.0 Å². The van der Waals surface area contributed by atoms with Gasteiger partial charge in [0.15, 0.2) is 0 Å². The lowest BCUT2D eigenvalue weighted by molar-refractivity contribution is -0.118. The van der Waals surface area contributed by atoms with Crippen LogP contribution in [-0.4, -0.2) is 73.5 Å². The number of anilines is 2. The first-order chi connectivity index (χ1) is 17.8. The average molecular weight is 515 g/mol. The monoisotopic (exact) mass is 514 g/mol. The van der Waals surface area contributed by atoms with E-state index >= 15 is 4.39 Å². The van der Waals surface area contributed by atoms with E-state index < -0.39 is 17.7 Å². The Morgan fingerprint density at radius 2 is 1.84 bits per heavy atom. The second-order valence-corrected chi connectivity index (χ2v) is 12.6. The van der Waals surface area contributed by atoms with Crippen molar-refractivity contribution >= 4 is 17.3 Å². The lowest BCUT2D eigenvalue weighted by Gasteiger charge is -2.50. The fourth-order valence-corrected chi connectivity index (χ4v) is 8.11. The third-order valence-electron chi connectivity index (χ3n) is 10.1. The predicted molar refractivity (Wildman–Crippen MR) is 148 cm³/mol. The molecule has 0 spiro atoms. The molecule has 1 aromatic carbocycles. The second kappa shape index (κ2) is 11.2. The number of aliphatic hydroxyl groups excluding tert-OH is 1. The molecule has 206 valence electrons. The molecule has 5 rings (SSSR count). The molecule has 0 bridgehead atoms. The van der Waals surface area contributed by atoms with Crippen LogP contribution in [0.25, 0.3) is 0 Å². The molecule has 2 aliphatic heterocycles. The van der Waals surface area contributed by atoms with Crippen LogP contribution in [0.1, 0.15) is 71.1 Å². The number of carbonyl (C=O) groups excluding carboxylic acids is 1. The summed E-state index contributed by atoms with van der Waals surface area (Å²) in [5.74, 6) is 0.684. The van der Waals surface area contributed by atoms with Crippen LogP contribution in [0.4, 0.5) is 15.8 Å². The van der Waals surface area contributed by atoms with Crippen LogP contribution in [0, 0.1) is 17.3 Å². The maximum Gasteiger partial charge on any atom is 0.241 e. The van der Waals surface area contributed by atoms with E-state index in [0.717, 1.165) is 37.2 Å². The molecule has 7 heteroatoms. The van der Waals surface area contributed by atoms with Gasteiger partial charge in [-0.15, -0.1) is 0 Å². The first kappa shape index (κ1) is 26.9. The van der Waals surface area contributed by atoms with Gasteiger partial charge in [-0.3, -0.25) is 4.79 Å². The van der Waals surface area contributed by atoms with Crippen molar-refractivity contribution in [3.63, 3.8) is 0 Å². The summed E-state index contributed by atoms with van der Waals surface area (Å²) in [6.45, 7) is 3.57. The van der Waals surface area contributed by atoms with Crippen molar-refractivity contribution in [1.82, 2.24) is 10.2 Å². The Balaban J connectivity index is 1.31. The van der Waals surface area contributed by atoms with Gasteiger partial charge in [0, 0.05) is 35.9 Å². The van der Waals surface area contributed by atoms with E-state index in [4.69, 9.17) is 0 Å². The maximum absolute atomic E-state index is 16.0. The number of β-amino-alcohol motifs (C(OH)–C–C–N with tert-alkyl or cyclic N) is 1. The van der Waals surface area contributed by atoms with Gasteiger partial charge in [0.1, 0.15) is 6.17 Å². The number of amides is 1. The number of carbonyl (C=O) groups is 1. The Morgan fingerprint density at radius 1 is 1.11 bits per heavy atom. The zero-order valence-electron chi connectivity index (χ0n) is 23.0. The molecule has 3 N–H and O–H groups in total. The molecule has 4 aliphatic rings. The Bertz CT molecular complexity index is 936.